The molecule has 0 unspecified atom stereocenters. The predicted molar refractivity (Wildman–Crippen MR) is 134 cm³/mol. The van der Waals surface area contributed by atoms with E-state index in [0.717, 1.165) is 29.5 Å². The summed E-state index contributed by atoms with van der Waals surface area (Å²) < 4.78 is 16.8. The first-order valence-corrected chi connectivity index (χ1v) is 12.4. The van der Waals surface area contributed by atoms with Crippen molar-refractivity contribution in [3.05, 3.63) is 75.8 Å². The highest BCUT2D eigenvalue weighted by Crippen LogP contribution is 2.31. The molecule has 176 valence electrons. The number of amides is 1. The summed E-state index contributed by atoms with van der Waals surface area (Å²) in [4.78, 5) is 26.7. The highest BCUT2D eigenvalue weighted by atomic mass is 32.1. The van der Waals surface area contributed by atoms with Crippen molar-refractivity contribution >= 4 is 28.3 Å². The van der Waals surface area contributed by atoms with Crippen LogP contribution in [0, 0.1) is 5.82 Å². The Morgan fingerprint density at radius 2 is 2.06 bits per heavy atom. The van der Waals surface area contributed by atoms with E-state index in [0.29, 0.717) is 27.3 Å². The van der Waals surface area contributed by atoms with E-state index in [1.165, 1.54) is 35.7 Å². The van der Waals surface area contributed by atoms with Gasteiger partial charge in [0.15, 0.2) is 0 Å². The van der Waals surface area contributed by atoms with Crippen LogP contribution in [0.3, 0.4) is 0 Å². The third kappa shape index (κ3) is 4.12. The van der Waals surface area contributed by atoms with Crippen molar-refractivity contribution in [3.8, 4) is 22.5 Å². The van der Waals surface area contributed by atoms with Gasteiger partial charge in [-0.2, -0.15) is 5.10 Å². The van der Waals surface area contributed by atoms with Crippen molar-refractivity contribution in [2.75, 3.05) is 0 Å². The lowest BCUT2D eigenvalue weighted by Gasteiger charge is -2.08. The number of carbonyl (C=O) groups is 1. The van der Waals surface area contributed by atoms with E-state index in [9.17, 15) is 4.79 Å². The number of aryl methyl sites for hydroxylation is 3. The molecule has 4 aromatic heterocycles. The number of fused-ring (bicyclic) bond motifs is 2. The number of aromatic amines is 1. The third-order valence-corrected chi connectivity index (χ3v) is 7.66. The number of benzene rings is 1. The second-order valence-electron chi connectivity index (χ2n) is 8.83. The number of nitrogens with zero attached hydrogens (tertiary/aromatic N) is 4. The maximum atomic E-state index is 15.0. The van der Waals surface area contributed by atoms with E-state index in [1.54, 1.807) is 28.3 Å². The molecule has 5 aromatic rings. The van der Waals surface area contributed by atoms with Crippen molar-refractivity contribution in [2.45, 2.75) is 32.2 Å². The summed E-state index contributed by atoms with van der Waals surface area (Å²) in [6.07, 6.45) is 9.58. The summed E-state index contributed by atoms with van der Waals surface area (Å²) in [5.41, 5.74) is 5.47. The monoisotopic (exact) mass is 486 g/mol. The molecule has 6 rings (SSSR count). The number of rotatable bonds is 5. The zero-order chi connectivity index (χ0) is 23.9. The van der Waals surface area contributed by atoms with Crippen molar-refractivity contribution in [2.24, 2.45) is 7.05 Å². The molecule has 0 aliphatic heterocycles. The molecule has 0 fully saturated rings. The summed E-state index contributed by atoms with van der Waals surface area (Å²) >= 11 is 1.56. The molecule has 2 N–H and O–H groups in total. The van der Waals surface area contributed by atoms with Gasteiger partial charge in [-0.15, -0.1) is 11.3 Å². The molecule has 0 atom stereocenters. The average molecular weight is 487 g/mol. The summed E-state index contributed by atoms with van der Waals surface area (Å²) in [7, 11) is 1.86. The number of hydrogen-bond acceptors (Lipinski definition) is 5. The lowest BCUT2D eigenvalue weighted by Crippen LogP contribution is -2.22. The Morgan fingerprint density at radius 1 is 1.17 bits per heavy atom. The lowest BCUT2D eigenvalue weighted by atomic mass is 9.99. The van der Waals surface area contributed by atoms with Gasteiger partial charge in [-0.05, 0) is 49.4 Å². The van der Waals surface area contributed by atoms with Gasteiger partial charge in [0.2, 0.25) is 0 Å². The molecule has 0 radical (unpaired) electrons. The van der Waals surface area contributed by atoms with Crippen LogP contribution in [0.4, 0.5) is 4.39 Å². The van der Waals surface area contributed by atoms with Crippen molar-refractivity contribution in [3.63, 3.8) is 0 Å². The van der Waals surface area contributed by atoms with Gasteiger partial charge < -0.3 is 10.3 Å². The number of nitrogens with one attached hydrogen (secondary N) is 2. The Hall–Kier alpha value is -3.85. The van der Waals surface area contributed by atoms with Crippen LogP contribution in [0.5, 0.6) is 0 Å². The molecule has 4 heterocycles. The SMILES string of the molecule is Cn1cc(-c2cc3c(-c4ccc(CNC(=O)c5cc6c(s5)CCCC6)c(F)c4)ncnc3[nH]2)cn1. The van der Waals surface area contributed by atoms with Crippen LogP contribution in [0.25, 0.3) is 33.5 Å². The molecule has 0 saturated heterocycles. The normalized spacial score (nSPS) is 13.2. The first kappa shape index (κ1) is 21.7. The summed E-state index contributed by atoms with van der Waals surface area (Å²) in [5.74, 6) is -0.538. The zero-order valence-electron chi connectivity index (χ0n) is 19.1. The number of hydrogen-bond donors (Lipinski definition) is 2. The minimum atomic E-state index is -0.386. The van der Waals surface area contributed by atoms with Gasteiger partial charge in [-0.1, -0.05) is 12.1 Å². The van der Waals surface area contributed by atoms with Gasteiger partial charge in [0, 0.05) is 46.7 Å². The minimum absolute atomic E-state index is 0.127. The molecule has 9 heteroatoms. The Balaban J connectivity index is 1.22. The minimum Gasteiger partial charge on any atom is -0.347 e. The largest absolute Gasteiger partial charge is 0.347 e. The summed E-state index contributed by atoms with van der Waals surface area (Å²) in [6.45, 7) is 0.127. The van der Waals surface area contributed by atoms with Crippen molar-refractivity contribution < 1.29 is 9.18 Å². The van der Waals surface area contributed by atoms with E-state index in [-0.39, 0.29) is 18.3 Å². The number of halogens is 1. The van der Waals surface area contributed by atoms with Crippen molar-refractivity contribution in [1.29, 1.82) is 0 Å². The molecule has 1 aromatic carbocycles. The molecular formula is C26H23FN6OS. The van der Waals surface area contributed by atoms with Crippen LogP contribution in [0.2, 0.25) is 0 Å². The smallest absolute Gasteiger partial charge is 0.261 e. The van der Waals surface area contributed by atoms with E-state index in [1.807, 2.05) is 31.4 Å². The Kier molecular flexibility index (Phi) is 5.41. The Bertz CT molecular complexity index is 1540. The van der Waals surface area contributed by atoms with Gasteiger partial charge in [0.25, 0.3) is 5.91 Å². The highest BCUT2D eigenvalue weighted by Gasteiger charge is 2.18. The molecular weight excluding hydrogens is 463 g/mol. The topological polar surface area (TPSA) is 88.5 Å². The molecule has 0 spiro atoms. The van der Waals surface area contributed by atoms with Crippen LogP contribution in [0.15, 0.2) is 49.1 Å². The summed E-state index contributed by atoms with van der Waals surface area (Å²) in [5, 5.41) is 7.88. The maximum absolute atomic E-state index is 15.0. The molecule has 1 amide bonds. The van der Waals surface area contributed by atoms with Crippen LogP contribution in [-0.4, -0.2) is 30.6 Å². The van der Waals surface area contributed by atoms with E-state index >= 15 is 4.39 Å². The molecule has 0 saturated carbocycles. The Labute approximate surface area is 205 Å². The lowest BCUT2D eigenvalue weighted by molar-refractivity contribution is 0.0954. The zero-order valence-corrected chi connectivity index (χ0v) is 20.0. The Morgan fingerprint density at radius 3 is 2.86 bits per heavy atom. The summed E-state index contributed by atoms with van der Waals surface area (Å²) in [6, 6.07) is 8.93. The molecule has 0 bridgehead atoms. The maximum Gasteiger partial charge on any atom is 0.261 e. The van der Waals surface area contributed by atoms with Crippen LogP contribution >= 0.6 is 11.3 Å². The fourth-order valence-electron chi connectivity index (χ4n) is 4.59. The van der Waals surface area contributed by atoms with Gasteiger partial charge in [0.05, 0.1) is 22.5 Å². The van der Waals surface area contributed by atoms with E-state index in [2.05, 4.69) is 25.4 Å². The fraction of sp³-hybridized carbons (Fsp3) is 0.231. The van der Waals surface area contributed by atoms with Crippen LogP contribution < -0.4 is 5.32 Å². The second kappa shape index (κ2) is 8.74. The van der Waals surface area contributed by atoms with Gasteiger partial charge in [0.1, 0.15) is 17.8 Å². The van der Waals surface area contributed by atoms with E-state index < -0.39 is 0 Å². The third-order valence-electron chi connectivity index (χ3n) is 6.43. The standard InChI is InChI=1S/C26H23FN6OS/c1-33-13-18(12-31-33)21-10-19-24(29-14-30-25(19)32-21)16-6-7-17(20(27)8-16)11-28-26(34)23-9-15-4-2-3-5-22(15)35-23/h6-10,12-14H,2-5,11H2,1H3,(H,28,34)(H,29,30,32). The average Bonchev–Trinajstić information content (AvgIpc) is 3.60. The predicted octanol–water partition coefficient (Wildman–Crippen LogP) is 5.03. The number of thiophene rings is 1. The molecule has 35 heavy (non-hydrogen) atoms. The van der Waals surface area contributed by atoms with Gasteiger partial charge >= 0.3 is 0 Å². The fourth-order valence-corrected chi connectivity index (χ4v) is 5.76. The first-order valence-electron chi connectivity index (χ1n) is 11.6. The van der Waals surface area contributed by atoms with Gasteiger partial charge in [-0.25, -0.2) is 14.4 Å². The number of H-pyrrole nitrogens is 1. The van der Waals surface area contributed by atoms with Crippen LogP contribution in [-0.2, 0) is 26.4 Å². The first-order chi connectivity index (χ1) is 17.0. The quantitative estimate of drug-likeness (QED) is 0.365. The van der Waals surface area contributed by atoms with E-state index in [4.69, 9.17) is 0 Å². The molecule has 1 aliphatic carbocycles. The molecule has 7 nitrogen and oxygen atoms in total. The number of carbonyl (C=O) groups excluding carboxylic acids is 1. The number of aromatic nitrogens is 5. The highest BCUT2D eigenvalue weighted by molar-refractivity contribution is 7.14. The van der Waals surface area contributed by atoms with Crippen molar-refractivity contribution in [1.82, 2.24) is 30.0 Å². The van der Waals surface area contributed by atoms with Gasteiger partial charge in [-0.3, -0.25) is 9.48 Å². The molecule has 1 aliphatic rings. The van der Waals surface area contributed by atoms with Crippen LogP contribution in [0.1, 0.15) is 38.5 Å². The second-order valence-corrected chi connectivity index (χ2v) is 9.96.